The normalized spacial score (nSPS) is 24.0. The van der Waals surface area contributed by atoms with Crippen LogP contribution >= 0.6 is 0 Å². The Morgan fingerprint density at radius 1 is 1.28 bits per heavy atom. The molecule has 5 nitrogen and oxygen atoms in total. The number of aromatic nitrogens is 2. The highest BCUT2D eigenvalue weighted by Crippen LogP contribution is 2.33. The molecule has 1 aliphatic carbocycles. The number of fused-ring (bicyclic) bond motifs is 1. The highest BCUT2D eigenvalue weighted by Gasteiger charge is 2.37. The maximum absolute atomic E-state index is 12.3. The highest BCUT2D eigenvalue weighted by molar-refractivity contribution is 5.81. The minimum Gasteiger partial charge on any atom is -0.342 e. The van der Waals surface area contributed by atoms with E-state index in [9.17, 15) is 4.79 Å². The van der Waals surface area contributed by atoms with Gasteiger partial charge in [-0.3, -0.25) is 4.79 Å². The Hall–Kier alpha value is -1.88. The van der Waals surface area contributed by atoms with Gasteiger partial charge in [0.25, 0.3) is 0 Å². The molecule has 0 spiro atoms. The lowest BCUT2D eigenvalue weighted by atomic mass is 9.89. The van der Waals surface area contributed by atoms with Gasteiger partial charge in [-0.2, -0.15) is 0 Å². The molecule has 1 saturated heterocycles. The second kappa shape index (κ2) is 6.79. The third kappa shape index (κ3) is 3.30. The van der Waals surface area contributed by atoms with Gasteiger partial charge >= 0.3 is 0 Å². The van der Waals surface area contributed by atoms with Gasteiger partial charge in [-0.05, 0) is 37.3 Å². The molecule has 0 bridgehead atoms. The van der Waals surface area contributed by atoms with Crippen LogP contribution < -0.4 is 5.32 Å². The number of benzene rings is 1. The summed E-state index contributed by atoms with van der Waals surface area (Å²) in [7, 11) is 2.08. The lowest BCUT2D eigenvalue weighted by Gasteiger charge is -2.39. The topological polar surface area (TPSA) is 50.2 Å². The second-order valence-electron chi connectivity index (χ2n) is 7.58. The van der Waals surface area contributed by atoms with Crippen molar-refractivity contribution in [2.75, 3.05) is 13.1 Å². The Balaban J connectivity index is 1.40. The van der Waals surface area contributed by atoms with E-state index < -0.39 is 0 Å². The molecule has 1 aromatic carbocycles. The molecule has 0 unspecified atom stereocenters. The molecule has 2 atom stereocenters. The zero-order valence-corrected chi connectivity index (χ0v) is 15.2. The monoisotopic (exact) mass is 340 g/mol. The SMILES string of the molecule is CC[C@H]1CN(C(=O)C2CC2)CC[C@H]1NCc1nc2ccccc2n1C. The fourth-order valence-electron chi connectivity index (χ4n) is 4.08. The fraction of sp³-hybridized carbons (Fsp3) is 0.600. The van der Waals surface area contributed by atoms with Crippen molar-refractivity contribution in [1.29, 1.82) is 0 Å². The number of carbonyl (C=O) groups excluding carboxylic acids is 1. The number of aryl methyl sites for hydroxylation is 1. The van der Waals surface area contributed by atoms with Gasteiger partial charge in [-0.15, -0.1) is 0 Å². The van der Waals surface area contributed by atoms with E-state index in [-0.39, 0.29) is 0 Å². The van der Waals surface area contributed by atoms with Gasteiger partial charge in [0.15, 0.2) is 0 Å². The third-order valence-corrected chi connectivity index (χ3v) is 5.90. The van der Waals surface area contributed by atoms with Gasteiger partial charge in [0, 0.05) is 32.1 Å². The van der Waals surface area contributed by atoms with Crippen molar-refractivity contribution < 1.29 is 4.79 Å². The molecular weight excluding hydrogens is 312 g/mol. The van der Waals surface area contributed by atoms with Crippen LogP contribution in [0.1, 0.15) is 38.4 Å². The van der Waals surface area contributed by atoms with E-state index in [1.807, 2.05) is 6.07 Å². The second-order valence-corrected chi connectivity index (χ2v) is 7.58. The Morgan fingerprint density at radius 3 is 2.80 bits per heavy atom. The van der Waals surface area contributed by atoms with Gasteiger partial charge in [-0.25, -0.2) is 4.98 Å². The summed E-state index contributed by atoms with van der Waals surface area (Å²) in [6.07, 6.45) is 4.34. The summed E-state index contributed by atoms with van der Waals surface area (Å²) in [4.78, 5) is 19.2. The first-order valence-electron chi connectivity index (χ1n) is 9.60. The van der Waals surface area contributed by atoms with Gasteiger partial charge < -0.3 is 14.8 Å². The summed E-state index contributed by atoms with van der Waals surface area (Å²) >= 11 is 0. The lowest BCUT2D eigenvalue weighted by Crippen LogP contribution is -2.51. The van der Waals surface area contributed by atoms with Gasteiger partial charge in [0.1, 0.15) is 5.82 Å². The molecular formula is C20H28N4O. The number of carbonyl (C=O) groups is 1. The summed E-state index contributed by atoms with van der Waals surface area (Å²) in [6, 6.07) is 8.74. The number of para-hydroxylation sites is 2. The number of hydrogen-bond acceptors (Lipinski definition) is 3. The van der Waals surface area contributed by atoms with E-state index in [0.29, 0.717) is 23.8 Å². The molecule has 4 rings (SSSR count). The molecule has 134 valence electrons. The average molecular weight is 340 g/mol. The van der Waals surface area contributed by atoms with E-state index in [2.05, 4.69) is 47.0 Å². The van der Waals surface area contributed by atoms with E-state index in [4.69, 9.17) is 4.98 Å². The van der Waals surface area contributed by atoms with Crippen molar-refractivity contribution >= 4 is 16.9 Å². The van der Waals surface area contributed by atoms with Crippen LogP contribution in [-0.4, -0.2) is 39.5 Å². The standard InChI is InChI=1S/C20H28N4O/c1-3-14-13-24(20(25)15-8-9-15)11-10-16(14)21-12-19-22-17-6-4-5-7-18(17)23(19)2/h4-7,14-16,21H,3,8-13H2,1-2H3/t14-,16+/m0/s1. The van der Waals surface area contributed by atoms with E-state index in [0.717, 1.165) is 56.7 Å². The summed E-state index contributed by atoms with van der Waals surface area (Å²) in [6.45, 7) is 4.82. The predicted molar refractivity (Wildman–Crippen MR) is 99.0 cm³/mol. The minimum absolute atomic E-state index is 0.335. The Bertz CT molecular complexity index is 764. The number of hydrogen-bond donors (Lipinski definition) is 1. The summed E-state index contributed by atoms with van der Waals surface area (Å²) in [5, 5.41) is 3.72. The van der Waals surface area contributed by atoms with Crippen LogP contribution in [0.15, 0.2) is 24.3 Å². The molecule has 2 aliphatic rings. The van der Waals surface area contributed by atoms with Gasteiger partial charge in [-0.1, -0.05) is 25.5 Å². The van der Waals surface area contributed by atoms with Crippen LogP contribution in [-0.2, 0) is 18.4 Å². The van der Waals surface area contributed by atoms with Crippen molar-refractivity contribution in [2.45, 2.75) is 45.2 Å². The zero-order valence-electron chi connectivity index (χ0n) is 15.2. The smallest absolute Gasteiger partial charge is 0.225 e. The molecule has 2 fully saturated rings. The third-order valence-electron chi connectivity index (χ3n) is 5.90. The number of likely N-dealkylation sites (tertiary alicyclic amines) is 1. The molecule has 0 radical (unpaired) electrons. The summed E-state index contributed by atoms with van der Waals surface area (Å²) < 4.78 is 2.18. The van der Waals surface area contributed by atoms with Gasteiger partial charge in [0.05, 0.1) is 17.6 Å². The molecule has 2 heterocycles. The highest BCUT2D eigenvalue weighted by atomic mass is 16.2. The number of rotatable bonds is 5. The van der Waals surface area contributed by atoms with Crippen LogP contribution in [0, 0.1) is 11.8 Å². The van der Waals surface area contributed by atoms with Crippen LogP contribution in [0.25, 0.3) is 11.0 Å². The lowest BCUT2D eigenvalue weighted by molar-refractivity contribution is -0.134. The minimum atomic E-state index is 0.335. The Kier molecular flexibility index (Phi) is 4.50. The number of imidazole rings is 1. The largest absolute Gasteiger partial charge is 0.342 e. The number of piperidine rings is 1. The molecule has 25 heavy (non-hydrogen) atoms. The van der Waals surface area contributed by atoms with Crippen molar-refractivity contribution in [3.63, 3.8) is 0 Å². The van der Waals surface area contributed by atoms with E-state index in [1.165, 1.54) is 5.52 Å². The molecule has 2 aromatic rings. The fourth-order valence-corrected chi connectivity index (χ4v) is 4.08. The Labute approximate surface area is 149 Å². The van der Waals surface area contributed by atoms with Crippen LogP contribution in [0.5, 0.6) is 0 Å². The maximum Gasteiger partial charge on any atom is 0.225 e. The van der Waals surface area contributed by atoms with Crippen LogP contribution in [0.3, 0.4) is 0 Å². The molecule has 1 N–H and O–H groups in total. The van der Waals surface area contributed by atoms with Crippen molar-refractivity contribution in [2.24, 2.45) is 18.9 Å². The van der Waals surface area contributed by atoms with Crippen molar-refractivity contribution in [3.8, 4) is 0 Å². The molecule has 1 aliphatic heterocycles. The average Bonchev–Trinajstić information content (AvgIpc) is 3.44. The first-order chi connectivity index (χ1) is 12.2. The molecule has 1 aromatic heterocycles. The molecule has 1 saturated carbocycles. The predicted octanol–water partition coefficient (Wildman–Crippen LogP) is 2.70. The molecule has 1 amide bonds. The first kappa shape index (κ1) is 16.6. The first-order valence-corrected chi connectivity index (χ1v) is 9.60. The zero-order chi connectivity index (χ0) is 17.4. The van der Waals surface area contributed by atoms with Crippen LogP contribution in [0.4, 0.5) is 0 Å². The van der Waals surface area contributed by atoms with Crippen molar-refractivity contribution in [1.82, 2.24) is 19.8 Å². The number of nitrogens with one attached hydrogen (secondary N) is 1. The number of nitrogens with zero attached hydrogens (tertiary/aromatic N) is 3. The summed E-state index contributed by atoms with van der Waals surface area (Å²) in [5.74, 6) is 2.34. The Morgan fingerprint density at radius 2 is 2.08 bits per heavy atom. The maximum atomic E-state index is 12.3. The summed E-state index contributed by atoms with van der Waals surface area (Å²) in [5.41, 5.74) is 2.23. The van der Waals surface area contributed by atoms with Gasteiger partial charge in [0.2, 0.25) is 5.91 Å². The van der Waals surface area contributed by atoms with Crippen LogP contribution in [0.2, 0.25) is 0 Å². The van der Waals surface area contributed by atoms with Crippen molar-refractivity contribution in [3.05, 3.63) is 30.1 Å². The number of amides is 1. The quantitative estimate of drug-likeness (QED) is 0.910. The van der Waals surface area contributed by atoms with E-state index in [1.54, 1.807) is 0 Å². The van der Waals surface area contributed by atoms with E-state index >= 15 is 0 Å². The molecule has 5 heteroatoms.